The fourth-order valence-electron chi connectivity index (χ4n) is 1.78. The van der Waals surface area contributed by atoms with Crippen molar-refractivity contribution in [1.82, 2.24) is 4.90 Å². The van der Waals surface area contributed by atoms with Gasteiger partial charge in [0.2, 0.25) is 5.91 Å². The molecule has 0 fully saturated rings. The van der Waals surface area contributed by atoms with Crippen LogP contribution in [0.15, 0.2) is 0 Å². The summed E-state index contributed by atoms with van der Waals surface area (Å²) in [6.07, 6.45) is 4.17. The molecule has 0 aromatic carbocycles. The number of aliphatic carboxylic acids is 1. The van der Waals surface area contributed by atoms with Crippen LogP contribution in [-0.2, 0) is 9.59 Å². The average molecular weight is 273 g/mol. The topological polar surface area (TPSA) is 77.8 Å². The van der Waals surface area contributed by atoms with Gasteiger partial charge in [-0.25, -0.2) is 0 Å². The van der Waals surface area contributed by atoms with E-state index < -0.39 is 11.4 Å². The number of unbranched alkanes of at least 4 members (excludes halogenated alkanes) is 3. The normalized spacial score (nSPS) is 11.4. The van der Waals surface area contributed by atoms with Gasteiger partial charge in [-0.3, -0.25) is 9.59 Å². The first kappa shape index (κ1) is 17.9. The molecule has 112 valence electrons. The van der Waals surface area contributed by atoms with Crippen molar-refractivity contribution in [2.75, 3.05) is 19.7 Å². The SMILES string of the molecule is CCCCCCN(CCO)C(=O)CC(C)(C)C(=O)O. The van der Waals surface area contributed by atoms with E-state index in [1.807, 2.05) is 0 Å². The molecular formula is C14H27NO4. The molecule has 0 aliphatic carbocycles. The largest absolute Gasteiger partial charge is 0.481 e. The maximum atomic E-state index is 12.1. The molecular weight excluding hydrogens is 246 g/mol. The van der Waals surface area contributed by atoms with Gasteiger partial charge in [0.05, 0.1) is 12.0 Å². The summed E-state index contributed by atoms with van der Waals surface area (Å²) in [5.41, 5.74) is -1.06. The fraction of sp³-hybridized carbons (Fsp3) is 0.857. The first-order chi connectivity index (χ1) is 8.85. The van der Waals surface area contributed by atoms with Crippen molar-refractivity contribution in [1.29, 1.82) is 0 Å². The molecule has 0 aromatic rings. The number of carboxylic acids is 1. The second-order valence-corrected chi connectivity index (χ2v) is 5.53. The molecule has 0 saturated heterocycles. The highest BCUT2D eigenvalue weighted by molar-refractivity contribution is 5.84. The van der Waals surface area contributed by atoms with E-state index >= 15 is 0 Å². The Kier molecular flexibility index (Phi) is 8.39. The zero-order valence-corrected chi connectivity index (χ0v) is 12.3. The van der Waals surface area contributed by atoms with Crippen molar-refractivity contribution < 1.29 is 19.8 Å². The van der Waals surface area contributed by atoms with E-state index in [4.69, 9.17) is 10.2 Å². The Morgan fingerprint density at radius 3 is 2.21 bits per heavy atom. The van der Waals surface area contributed by atoms with E-state index in [0.29, 0.717) is 6.54 Å². The van der Waals surface area contributed by atoms with E-state index in [2.05, 4.69) is 6.92 Å². The zero-order chi connectivity index (χ0) is 14.9. The number of amides is 1. The van der Waals surface area contributed by atoms with Crippen LogP contribution in [0.25, 0.3) is 0 Å². The lowest BCUT2D eigenvalue weighted by Crippen LogP contribution is -2.39. The van der Waals surface area contributed by atoms with Crippen LogP contribution < -0.4 is 0 Å². The number of hydrogen-bond acceptors (Lipinski definition) is 3. The number of carboxylic acid groups (broad SMARTS) is 1. The number of aliphatic hydroxyl groups is 1. The van der Waals surface area contributed by atoms with Gasteiger partial charge in [0.25, 0.3) is 0 Å². The summed E-state index contributed by atoms with van der Waals surface area (Å²) >= 11 is 0. The van der Waals surface area contributed by atoms with Gasteiger partial charge in [0, 0.05) is 19.5 Å². The lowest BCUT2D eigenvalue weighted by molar-refractivity contribution is -0.151. The molecule has 0 bridgehead atoms. The minimum atomic E-state index is -1.06. The van der Waals surface area contributed by atoms with Crippen molar-refractivity contribution in [3.63, 3.8) is 0 Å². The molecule has 0 radical (unpaired) electrons. The highest BCUT2D eigenvalue weighted by atomic mass is 16.4. The van der Waals surface area contributed by atoms with Crippen molar-refractivity contribution >= 4 is 11.9 Å². The Morgan fingerprint density at radius 1 is 1.11 bits per heavy atom. The fourth-order valence-corrected chi connectivity index (χ4v) is 1.78. The standard InChI is InChI=1S/C14H27NO4/c1-4-5-6-7-8-15(9-10-16)12(17)11-14(2,3)13(18)19/h16H,4-11H2,1-3H3,(H,18,19). The molecule has 19 heavy (non-hydrogen) atoms. The van der Waals surface area contributed by atoms with E-state index in [-0.39, 0.29) is 25.5 Å². The van der Waals surface area contributed by atoms with Crippen molar-refractivity contribution in [3.8, 4) is 0 Å². The smallest absolute Gasteiger partial charge is 0.309 e. The van der Waals surface area contributed by atoms with Crippen LogP contribution in [0.3, 0.4) is 0 Å². The lowest BCUT2D eigenvalue weighted by Gasteiger charge is -2.26. The first-order valence-electron chi connectivity index (χ1n) is 6.97. The molecule has 2 N–H and O–H groups in total. The second kappa shape index (κ2) is 8.91. The molecule has 0 unspecified atom stereocenters. The third-order valence-electron chi connectivity index (χ3n) is 3.18. The van der Waals surface area contributed by atoms with Gasteiger partial charge < -0.3 is 15.1 Å². The molecule has 5 heteroatoms. The highest BCUT2D eigenvalue weighted by Gasteiger charge is 2.31. The maximum Gasteiger partial charge on any atom is 0.309 e. The molecule has 0 aromatic heterocycles. The summed E-state index contributed by atoms with van der Waals surface area (Å²) in [6, 6.07) is 0. The van der Waals surface area contributed by atoms with E-state index in [1.165, 1.54) is 0 Å². The van der Waals surface area contributed by atoms with Crippen molar-refractivity contribution in [2.45, 2.75) is 52.9 Å². The van der Waals surface area contributed by atoms with Gasteiger partial charge in [0.15, 0.2) is 0 Å². The Hall–Kier alpha value is -1.10. The maximum absolute atomic E-state index is 12.1. The summed E-state index contributed by atoms with van der Waals surface area (Å²) in [5.74, 6) is -1.17. The monoisotopic (exact) mass is 273 g/mol. The number of carbonyl (C=O) groups excluding carboxylic acids is 1. The number of hydrogen-bond donors (Lipinski definition) is 2. The van der Waals surface area contributed by atoms with Gasteiger partial charge in [-0.1, -0.05) is 26.2 Å². The summed E-state index contributed by atoms with van der Waals surface area (Å²) in [5, 5.41) is 18.0. The average Bonchev–Trinajstić information content (AvgIpc) is 2.32. The van der Waals surface area contributed by atoms with Crippen molar-refractivity contribution in [3.05, 3.63) is 0 Å². The minimum absolute atomic E-state index is 0.0316. The summed E-state index contributed by atoms with van der Waals surface area (Å²) < 4.78 is 0. The third-order valence-corrected chi connectivity index (χ3v) is 3.18. The predicted octanol–water partition coefficient (Wildman–Crippen LogP) is 1.89. The summed E-state index contributed by atoms with van der Waals surface area (Å²) in [6.45, 7) is 5.98. The van der Waals surface area contributed by atoms with Crippen LogP contribution in [0.1, 0.15) is 52.9 Å². The zero-order valence-electron chi connectivity index (χ0n) is 12.3. The van der Waals surface area contributed by atoms with Crippen molar-refractivity contribution in [2.24, 2.45) is 5.41 Å². The predicted molar refractivity (Wildman–Crippen MR) is 73.8 cm³/mol. The molecule has 0 rings (SSSR count). The number of aliphatic hydroxyl groups excluding tert-OH is 1. The van der Waals surface area contributed by atoms with E-state index in [9.17, 15) is 9.59 Å². The van der Waals surface area contributed by atoms with Crippen LogP contribution in [0.5, 0.6) is 0 Å². The molecule has 0 saturated carbocycles. The van der Waals surface area contributed by atoms with Gasteiger partial charge in [0.1, 0.15) is 0 Å². The Balaban J connectivity index is 4.36. The number of rotatable bonds is 10. The Morgan fingerprint density at radius 2 is 1.74 bits per heavy atom. The summed E-state index contributed by atoms with van der Waals surface area (Å²) in [4.78, 5) is 24.7. The quantitative estimate of drug-likeness (QED) is 0.596. The molecule has 1 amide bonds. The van der Waals surface area contributed by atoms with Gasteiger partial charge in [-0.2, -0.15) is 0 Å². The molecule has 0 spiro atoms. The van der Waals surface area contributed by atoms with Crippen LogP contribution in [0.2, 0.25) is 0 Å². The first-order valence-corrected chi connectivity index (χ1v) is 6.97. The Labute approximate surface area is 115 Å². The van der Waals surface area contributed by atoms with Gasteiger partial charge in [-0.15, -0.1) is 0 Å². The number of nitrogens with zero attached hydrogens (tertiary/aromatic N) is 1. The molecule has 0 atom stereocenters. The number of carbonyl (C=O) groups is 2. The summed E-state index contributed by atoms with van der Waals surface area (Å²) in [7, 11) is 0. The molecule has 0 heterocycles. The highest BCUT2D eigenvalue weighted by Crippen LogP contribution is 2.21. The lowest BCUT2D eigenvalue weighted by atomic mass is 9.89. The molecule has 5 nitrogen and oxygen atoms in total. The van der Waals surface area contributed by atoms with Gasteiger partial charge in [-0.05, 0) is 20.3 Å². The minimum Gasteiger partial charge on any atom is -0.481 e. The van der Waals surface area contributed by atoms with Crippen LogP contribution in [0.4, 0.5) is 0 Å². The second-order valence-electron chi connectivity index (χ2n) is 5.53. The third kappa shape index (κ3) is 7.15. The Bertz CT molecular complexity index is 289. The van der Waals surface area contributed by atoms with Crippen LogP contribution >= 0.6 is 0 Å². The molecule has 0 aliphatic heterocycles. The van der Waals surface area contributed by atoms with E-state index in [1.54, 1.807) is 18.7 Å². The molecule has 0 aliphatic rings. The van der Waals surface area contributed by atoms with Gasteiger partial charge >= 0.3 is 5.97 Å². The van der Waals surface area contributed by atoms with Crippen LogP contribution in [0, 0.1) is 5.41 Å². The van der Waals surface area contributed by atoms with E-state index in [0.717, 1.165) is 25.7 Å². The van der Waals surface area contributed by atoms with Crippen LogP contribution in [-0.4, -0.2) is 46.7 Å².